The summed E-state index contributed by atoms with van der Waals surface area (Å²) in [5.41, 5.74) is 5.40. The lowest BCUT2D eigenvalue weighted by Crippen LogP contribution is -2.35. The van der Waals surface area contributed by atoms with Gasteiger partial charge in [-0.2, -0.15) is 0 Å². The highest BCUT2D eigenvalue weighted by molar-refractivity contribution is 7.22. The number of benzene rings is 2. The predicted octanol–water partition coefficient (Wildman–Crippen LogP) is 6.38. The predicted molar refractivity (Wildman–Crippen MR) is 161 cm³/mol. The van der Waals surface area contributed by atoms with Crippen LogP contribution in [0.15, 0.2) is 79.4 Å². The summed E-state index contributed by atoms with van der Waals surface area (Å²) in [6.07, 6.45) is 7.50. The average Bonchev–Trinajstić information content (AvgIpc) is 3.49. The van der Waals surface area contributed by atoms with Gasteiger partial charge >= 0.3 is 0 Å². The molecule has 0 saturated heterocycles. The van der Waals surface area contributed by atoms with E-state index in [0.717, 1.165) is 44.1 Å². The molecule has 8 nitrogen and oxygen atoms in total. The summed E-state index contributed by atoms with van der Waals surface area (Å²) in [5, 5.41) is 5.90. The van der Waals surface area contributed by atoms with Gasteiger partial charge in [0.15, 0.2) is 0 Å². The van der Waals surface area contributed by atoms with E-state index in [9.17, 15) is 9.59 Å². The van der Waals surface area contributed by atoms with Crippen LogP contribution in [0.2, 0.25) is 0 Å². The number of amides is 2. The minimum absolute atomic E-state index is 0.258. The molecule has 5 aromatic rings. The quantitative estimate of drug-likeness (QED) is 0.219. The number of nitrogens with one attached hydrogen (secondary N) is 2. The van der Waals surface area contributed by atoms with Crippen LogP contribution in [0.4, 0.5) is 22.7 Å². The van der Waals surface area contributed by atoms with Crippen LogP contribution in [-0.4, -0.2) is 33.4 Å². The zero-order valence-electron chi connectivity index (χ0n) is 22.6. The molecule has 1 aliphatic carbocycles. The maximum atomic E-state index is 13.2. The molecule has 3 heterocycles. The third kappa shape index (κ3) is 4.73. The maximum absolute atomic E-state index is 13.2. The van der Waals surface area contributed by atoms with E-state index in [0.29, 0.717) is 24.2 Å². The van der Waals surface area contributed by atoms with Crippen molar-refractivity contribution < 1.29 is 9.59 Å². The van der Waals surface area contributed by atoms with Crippen molar-refractivity contribution in [3.8, 4) is 10.6 Å². The lowest BCUT2D eigenvalue weighted by molar-refractivity contribution is -0.131. The number of fused-ring (bicyclic) bond motifs is 1. The first-order valence-corrected chi connectivity index (χ1v) is 14.1. The fourth-order valence-electron chi connectivity index (χ4n) is 4.96. The molecule has 0 aliphatic heterocycles. The summed E-state index contributed by atoms with van der Waals surface area (Å²) < 4.78 is 3.03. The Morgan fingerprint density at radius 1 is 0.975 bits per heavy atom. The summed E-state index contributed by atoms with van der Waals surface area (Å²) in [4.78, 5) is 38.5. The van der Waals surface area contributed by atoms with Crippen molar-refractivity contribution in [1.29, 1.82) is 0 Å². The number of para-hydroxylation sites is 1. The number of hydrogen-bond donors (Lipinski definition) is 2. The zero-order valence-corrected chi connectivity index (χ0v) is 23.5. The number of hydrogen-bond acceptors (Lipinski definition) is 6. The van der Waals surface area contributed by atoms with Crippen molar-refractivity contribution in [2.75, 3.05) is 22.6 Å². The van der Waals surface area contributed by atoms with E-state index in [2.05, 4.69) is 45.5 Å². The van der Waals surface area contributed by atoms with Crippen LogP contribution >= 0.6 is 11.3 Å². The van der Waals surface area contributed by atoms with Gasteiger partial charge in [-0.15, -0.1) is 11.3 Å². The fraction of sp³-hybridized carbons (Fsp3) is 0.226. The third-order valence-corrected chi connectivity index (χ3v) is 8.61. The molecule has 0 unspecified atom stereocenters. The molecule has 1 aliphatic rings. The van der Waals surface area contributed by atoms with E-state index in [1.165, 1.54) is 0 Å². The number of carbonyl (C=O) groups is 2. The van der Waals surface area contributed by atoms with Crippen LogP contribution < -0.4 is 15.5 Å². The first kappa shape index (κ1) is 25.8. The molecule has 0 spiro atoms. The van der Waals surface area contributed by atoms with E-state index >= 15 is 0 Å². The first-order chi connectivity index (χ1) is 19.4. The molecule has 2 amide bonds. The summed E-state index contributed by atoms with van der Waals surface area (Å²) in [6, 6.07) is 19.3. The van der Waals surface area contributed by atoms with Crippen molar-refractivity contribution in [3.05, 3.63) is 84.9 Å². The van der Waals surface area contributed by atoms with Crippen LogP contribution in [-0.2, 0) is 23.1 Å². The first-order valence-electron chi connectivity index (χ1n) is 13.3. The number of imidazole rings is 1. The van der Waals surface area contributed by atoms with Crippen LogP contribution in [0.5, 0.6) is 0 Å². The lowest BCUT2D eigenvalue weighted by Gasteiger charge is -2.24. The van der Waals surface area contributed by atoms with E-state index in [-0.39, 0.29) is 11.8 Å². The Labute approximate surface area is 236 Å². The molecule has 2 N–H and O–H groups in total. The molecule has 1 fully saturated rings. The number of nitrogens with zero attached hydrogens (tertiary/aromatic N) is 4. The summed E-state index contributed by atoms with van der Waals surface area (Å²) in [7, 11) is 4.01. The summed E-state index contributed by atoms with van der Waals surface area (Å²) in [5.74, 6) is -0.522. The zero-order chi connectivity index (χ0) is 27.9. The molecule has 2 aromatic carbocycles. The molecule has 0 atom stereocenters. The molecule has 0 radical (unpaired) electrons. The van der Waals surface area contributed by atoms with Crippen LogP contribution in [0, 0.1) is 5.41 Å². The Bertz CT molecular complexity index is 1720. The number of aryl methyl sites for hydroxylation is 2. The van der Waals surface area contributed by atoms with Crippen molar-refractivity contribution in [3.63, 3.8) is 0 Å². The Kier molecular flexibility index (Phi) is 6.59. The minimum Gasteiger partial charge on any atom is -0.343 e. The molecule has 9 heteroatoms. The summed E-state index contributed by atoms with van der Waals surface area (Å²) in [6.45, 7) is 2.10. The van der Waals surface area contributed by atoms with Gasteiger partial charge in [0.25, 0.3) is 0 Å². The molecular formula is C31H30N6O2S. The Hall–Kier alpha value is -4.50. The van der Waals surface area contributed by atoms with Crippen molar-refractivity contribution >= 4 is 56.1 Å². The van der Waals surface area contributed by atoms with Gasteiger partial charge < -0.3 is 20.1 Å². The number of carbonyl (C=O) groups excluding carboxylic acids is 2. The molecular weight excluding hydrogens is 520 g/mol. The largest absolute Gasteiger partial charge is 0.343 e. The van der Waals surface area contributed by atoms with Crippen LogP contribution in [0.25, 0.3) is 20.8 Å². The van der Waals surface area contributed by atoms with Crippen molar-refractivity contribution in [1.82, 2.24) is 14.5 Å². The van der Waals surface area contributed by atoms with Gasteiger partial charge in [-0.1, -0.05) is 25.1 Å². The molecule has 6 rings (SSSR count). The number of pyridine rings is 1. The van der Waals surface area contributed by atoms with Crippen LogP contribution in [0.1, 0.15) is 25.3 Å². The van der Waals surface area contributed by atoms with Gasteiger partial charge in [-0.05, 0) is 67.3 Å². The number of aromatic nitrogens is 3. The van der Waals surface area contributed by atoms with Gasteiger partial charge in [-0.3, -0.25) is 14.6 Å². The van der Waals surface area contributed by atoms with Gasteiger partial charge in [0.2, 0.25) is 11.8 Å². The fourth-order valence-corrected chi connectivity index (χ4v) is 6.09. The van der Waals surface area contributed by atoms with E-state index in [1.807, 2.05) is 78.6 Å². The van der Waals surface area contributed by atoms with E-state index in [1.54, 1.807) is 17.7 Å². The monoisotopic (exact) mass is 550 g/mol. The van der Waals surface area contributed by atoms with Gasteiger partial charge in [0.1, 0.15) is 5.41 Å². The van der Waals surface area contributed by atoms with Crippen molar-refractivity contribution in [2.24, 2.45) is 12.5 Å². The van der Waals surface area contributed by atoms with Gasteiger partial charge in [0, 0.05) is 43.6 Å². The number of thiophene rings is 1. The standard InChI is InChI=1S/C31H30N6O2S/c1-4-20-16-22(35-30(39)31(13-14-31)29(38)34-21-8-6-5-7-9-21)10-11-25(20)37(3)26-12-15-32-23-17-27(40-28(23)26)24-18-36(2)19-33-24/h5-12,15-19H,4,13-14H2,1-3H3,(H,34,38)(H,35,39). The van der Waals surface area contributed by atoms with Crippen molar-refractivity contribution in [2.45, 2.75) is 26.2 Å². The molecule has 3 aromatic heterocycles. The average molecular weight is 551 g/mol. The Balaban J connectivity index is 1.23. The Morgan fingerprint density at radius 3 is 2.40 bits per heavy atom. The minimum atomic E-state index is -1.02. The second-order valence-electron chi connectivity index (χ2n) is 10.2. The third-order valence-electron chi connectivity index (χ3n) is 7.44. The van der Waals surface area contributed by atoms with Crippen LogP contribution in [0.3, 0.4) is 0 Å². The highest BCUT2D eigenvalue weighted by atomic mass is 32.1. The van der Waals surface area contributed by atoms with Gasteiger partial charge in [0.05, 0.1) is 32.8 Å². The highest BCUT2D eigenvalue weighted by Gasteiger charge is 2.56. The molecule has 0 bridgehead atoms. The van der Waals surface area contributed by atoms with E-state index < -0.39 is 5.41 Å². The maximum Gasteiger partial charge on any atom is 0.240 e. The summed E-state index contributed by atoms with van der Waals surface area (Å²) >= 11 is 1.68. The molecule has 1 saturated carbocycles. The number of rotatable bonds is 8. The van der Waals surface area contributed by atoms with Gasteiger partial charge in [-0.25, -0.2) is 4.98 Å². The second kappa shape index (κ2) is 10.2. The van der Waals surface area contributed by atoms with E-state index in [4.69, 9.17) is 0 Å². The normalized spacial score (nSPS) is 13.7. The smallest absolute Gasteiger partial charge is 0.240 e. The molecule has 40 heavy (non-hydrogen) atoms. The number of anilines is 4. The highest BCUT2D eigenvalue weighted by Crippen LogP contribution is 2.48. The molecule has 202 valence electrons. The second-order valence-corrected chi connectivity index (χ2v) is 11.2. The Morgan fingerprint density at radius 2 is 1.73 bits per heavy atom. The topological polar surface area (TPSA) is 92.2 Å². The SMILES string of the molecule is CCc1cc(NC(=O)C2(C(=O)Nc3ccccc3)CC2)ccc1N(C)c1ccnc2cc(-c3cn(C)cn3)sc12. The lowest BCUT2D eigenvalue weighted by atomic mass is 10.0.